The van der Waals surface area contributed by atoms with Crippen LogP contribution in [0.3, 0.4) is 0 Å². The number of benzene rings is 1. The molecule has 120 valence electrons. The first kappa shape index (κ1) is 16.8. The van der Waals surface area contributed by atoms with E-state index in [1.807, 2.05) is 31.2 Å². The van der Waals surface area contributed by atoms with Crippen LogP contribution in [0.5, 0.6) is 0 Å². The van der Waals surface area contributed by atoms with Gasteiger partial charge in [-0.2, -0.15) is 0 Å². The van der Waals surface area contributed by atoms with Gasteiger partial charge in [-0.3, -0.25) is 9.59 Å². The number of carboxylic acids is 1. The lowest BCUT2D eigenvalue weighted by atomic mass is 9.97. The molecule has 1 fully saturated rings. The summed E-state index contributed by atoms with van der Waals surface area (Å²) in [6, 6.07) is 7.68. The summed E-state index contributed by atoms with van der Waals surface area (Å²) >= 11 is 5.86. The number of amides is 1. The first-order valence-corrected chi connectivity index (χ1v) is 8.08. The molecule has 0 bridgehead atoms. The molecule has 0 saturated heterocycles. The predicted molar refractivity (Wildman–Crippen MR) is 85.8 cm³/mol. The number of halogens is 1. The lowest BCUT2D eigenvalue weighted by Gasteiger charge is -2.15. The van der Waals surface area contributed by atoms with Crippen LogP contribution in [0.15, 0.2) is 24.3 Å². The minimum atomic E-state index is -0.757. The van der Waals surface area contributed by atoms with Crippen molar-refractivity contribution in [2.24, 2.45) is 11.8 Å². The van der Waals surface area contributed by atoms with E-state index >= 15 is 0 Å². The molecule has 5 heteroatoms. The second kappa shape index (κ2) is 7.63. The van der Waals surface area contributed by atoms with Crippen molar-refractivity contribution in [3.8, 4) is 0 Å². The van der Waals surface area contributed by atoms with Crippen LogP contribution in [0, 0.1) is 11.8 Å². The highest BCUT2D eigenvalue weighted by Crippen LogP contribution is 2.26. The Hall–Kier alpha value is -1.55. The number of carbonyl (C=O) groups excluding carboxylic acids is 1. The van der Waals surface area contributed by atoms with Crippen molar-refractivity contribution in [3.05, 3.63) is 34.9 Å². The fourth-order valence-corrected chi connectivity index (χ4v) is 3.16. The number of rotatable bonds is 6. The summed E-state index contributed by atoms with van der Waals surface area (Å²) in [6.45, 7) is 2.04. The van der Waals surface area contributed by atoms with Gasteiger partial charge in [0.1, 0.15) is 0 Å². The zero-order chi connectivity index (χ0) is 16.1. The SMILES string of the molecule is CC(CC(=O)N[C@@H]1CC[C@H](C(=O)O)C1)Cc1ccc(Cl)cc1. The zero-order valence-corrected chi connectivity index (χ0v) is 13.5. The average molecular weight is 324 g/mol. The minimum absolute atomic E-state index is 0.0105. The standard InChI is InChI=1S/C17H22ClNO3/c1-11(8-12-2-5-14(18)6-3-12)9-16(20)19-15-7-4-13(10-15)17(21)22/h2-3,5-6,11,13,15H,4,7-10H2,1H3,(H,19,20)(H,21,22)/t11?,13-,15+/m0/s1. The Morgan fingerprint density at radius 2 is 2.00 bits per heavy atom. The number of carboxylic acid groups (broad SMARTS) is 1. The fraction of sp³-hybridized carbons (Fsp3) is 0.529. The van der Waals surface area contributed by atoms with Gasteiger partial charge in [-0.1, -0.05) is 30.7 Å². The van der Waals surface area contributed by atoms with E-state index in [4.69, 9.17) is 16.7 Å². The quantitative estimate of drug-likeness (QED) is 0.844. The second-order valence-electron chi connectivity index (χ2n) is 6.25. The Labute approximate surface area is 135 Å². The first-order valence-electron chi connectivity index (χ1n) is 7.70. The van der Waals surface area contributed by atoms with Crippen LogP contribution in [0.25, 0.3) is 0 Å². The van der Waals surface area contributed by atoms with Crippen molar-refractivity contribution in [2.75, 3.05) is 0 Å². The third-order valence-electron chi connectivity index (χ3n) is 4.18. The van der Waals surface area contributed by atoms with Crippen LogP contribution in [0.1, 0.15) is 38.2 Å². The molecule has 1 aromatic carbocycles. The molecule has 1 unspecified atom stereocenters. The molecule has 1 aliphatic rings. The van der Waals surface area contributed by atoms with Gasteiger partial charge in [-0.05, 0) is 49.3 Å². The largest absolute Gasteiger partial charge is 0.481 e. The molecule has 2 rings (SSSR count). The number of hydrogen-bond acceptors (Lipinski definition) is 2. The zero-order valence-electron chi connectivity index (χ0n) is 12.7. The van der Waals surface area contributed by atoms with E-state index in [9.17, 15) is 9.59 Å². The molecule has 2 N–H and O–H groups in total. The van der Waals surface area contributed by atoms with Gasteiger partial charge < -0.3 is 10.4 Å². The van der Waals surface area contributed by atoms with E-state index in [2.05, 4.69) is 5.32 Å². The summed E-state index contributed by atoms with van der Waals surface area (Å²) in [5, 5.41) is 12.6. The normalized spacial score (nSPS) is 22.3. The number of hydrogen-bond donors (Lipinski definition) is 2. The summed E-state index contributed by atoms with van der Waals surface area (Å²) < 4.78 is 0. The fourth-order valence-electron chi connectivity index (χ4n) is 3.04. The van der Waals surface area contributed by atoms with Gasteiger partial charge in [0.15, 0.2) is 0 Å². The lowest BCUT2D eigenvalue weighted by Crippen LogP contribution is -2.34. The molecule has 1 aliphatic carbocycles. The molecule has 0 spiro atoms. The van der Waals surface area contributed by atoms with Crippen LogP contribution < -0.4 is 5.32 Å². The van der Waals surface area contributed by atoms with Crippen LogP contribution in [-0.2, 0) is 16.0 Å². The van der Waals surface area contributed by atoms with E-state index in [0.29, 0.717) is 24.3 Å². The van der Waals surface area contributed by atoms with E-state index in [1.54, 1.807) is 0 Å². The second-order valence-corrected chi connectivity index (χ2v) is 6.69. The molecule has 3 atom stereocenters. The van der Waals surface area contributed by atoms with Crippen LogP contribution in [-0.4, -0.2) is 23.0 Å². The monoisotopic (exact) mass is 323 g/mol. The summed E-state index contributed by atoms with van der Waals surface area (Å²) in [5.74, 6) is -0.819. The smallest absolute Gasteiger partial charge is 0.306 e. The van der Waals surface area contributed by atoms with Gasteiger partial charge in [-0.15, -0.1) is 0 Å². The van der Waals surface area contributed by atoms with E-state index in [-0.39, 0.29) is 23.8 Å². The molecular formula is C17H22ClNO3. The maximum atomic E-state index is 12.1. The molecule has 22 heavy (non-hydrogen) atoms. The van der Waals surface area contributed by atoms with Crippen molar-refractivity contribution in [2.45, 2.75) is 45.1 Å². The number of nitrogens with one attached hydrogen (secondary N) is 1. The predicted octanol–water partition coefficient (Wildman–Crippen LogP) is 3.28. The van der Waals surface area contributed by atoms with Gasteiger partial charge in [0.05, 0.1) is 5.92 Å². The Balaban J connectivity index is 1.74. The van der Waals surface area contributed by atoms with Gasteiger partial charge in [-0.25, -0.2) is 0 Å². The average Bonchev–Trinajstić information content (AvgIpc) is 2.89. The molecule has 0 heterocycles. The first-order chi connectivity index (χ1) is 10.4. The van der Waals surface area contributed by atoms with Crippen molar-refractivity contribution in [1.29, 1.82) is 0 Å². The van der Waals surface area contributed by atoms with Gasteiger partial charge in [0.25, 0.3) is 0 Å². The Morgan fingerprint density at radius 3 is 2.59 bits per heavy atom. The van der Waals surface area contributed by atoms with Gasteiger partial charge in [0, 0.05) is 17.5 Å². The van der Waals surface area contributed by atoms with E-state index in [1.165, 1.54) is 0 Å². The molecule has 1 saturated carbocycles. The van der Waals surface area contributed by atoms with E-state index < -0.39 is 5.97 Å². The highest BCUT2D eigenvalue weighted by molar-refractivity contribution is 6.30. The molecule has 1 aromatic rings. The highest BCUT2D eigenvalue weighted by atomic mass is 35.5. The minimum Gasteiger partial charge on any atom is -0.481 e. The molecule has 0 aliphatic heterocycles. The highest BCUT2D eigenvalue weighted by Gasteiger charge is 2.30. The summed E-state index contributed by atoms with van der Waals surface area (Å²) in [7, 11) is 0. The van der Waals surface area contributed by atoms with E-state index in [0.717, 1.165) is 18.4 Å². The third kappa shape index (κ3) is 5.02. The third-order valence-corrected chi connectivity index (χ3v) is 4.43. The van der Waals surface area contributed by atoms with Crippen molar-refractivity contribution in [1.82, 2.24) is 5.32 Å². The van der Waals surface area contributed by atoms with Gasteiger partial charge >= 0.3 is 5.97 Å². The summed E-state index contributed by atoms with van der Waals surface area (Å²) in [4.78, 5) is 23.0. The summed E-state index contributed by atoms with van der Waals surface area (Å²) in [6.07, 6.45) is 3.24. The molecule has 1 amide bonds. The molecular weight excluding hydrogens is 302 g/mol. The van der Waals surface area contributed by atoms with Crippen LogP contribution in [0.4, 0.5) is 0 Å². The lowest BCUT2D eigenvalue weighted by molar-refractivity contribution is -0.141. The van der Waals surface area contributed by atoms with Crippen LogP contribution >= 0.6 is 11.6 Å². The van der Waals surface area contributed by atoms with Crippen molar-refractivity contribution in [3.63, 3.8) is 0 Å². The Kier molecular flexibility index (Phi) is 5.83. The molecule has 4 nitrogen and oxygen atoms in total. The maximum absolute atomic E-state index is 12.1. The number of carbonyl (C=O) groups is 2. The maximum Gasteiger partial charge on any atom is 0.306 e. The summed E-state index contributed by atoms with van der Waals surface area (Å²) in [5.41, 5.74) is 1.16. The molecule has 0 radical (unpaired) electrons. The molecule has 0 aromatic heterocycles. The Morgan fingerprint density at radius 1 is 1.32 bits per heavy atom. The Bertz CT molecular complexity index is 529. The number of aliphatic carboxylic acids is 1. The van der Waals surface area contributed by atoms with Crippen molar-refractivity contribution >= 4 is 23.5 Å². The van der Waals surface area contributed by atoms with Crippen LogP contribution in [0.2, 0.25) is 5.02 Å². The topological polar surface area (TPSA) is 66.4 Å². The van der Waals surface area contributed by atoms with Crippen molar-refractivity contribution < 1.29 is 14.7 Å². The van der Waals surface area contributed by atoms with Gasteiger partial charge in [0.2, 0.25) is 5.91 Å².